The lowest BCUT2D eigenvalue weighted by atomic mass is 10.3. The van der Waals surface area contributed by atoms with Gasteiger partial charge in [0, 0.05) is 33.9 Å². The minimum absolute atomic E-state index is 0.0605. The molecular formula is C13H29NO5Si. The van der Waals surface area contributed by atoms with Crippen molar-refractivity contribution < 1.29 is 23.8 Å². The second-order valence-corrected chi connectivity index (χ2v) is 8.27. The molecule has 0 saturated heterocycles. The summed E-state index contributed by atoms with van der Waals surface area (Å²) >= 11 is 0. The van der Waals surface area contributed by atoms with Gasteiger partial charge in [-0.3, -0.25) is 0 Å². The molecule has 0 aromatic heterocycles. The maximum atomic E-state index is 9.76. The molecule has 0 rings (SSSR count). The van der Waals surface area contributed by atoms with Gasteiger partial charge in [-0.25, -0.2) is 0 Å². The number of hydrogen-bond donors (Lipinski definition) is 2. The monoisotopic (exact) mass is 307 g/mol. The van der Waals surface area contributed by atoms with Crippen LogP contribution in [0.15, 0.2) is 12.7 Å². The summed E-state index contributed by atoms with van der Waals surface area (Å²) in [6.07, 6.45) is 1.96. The fourth-order valence-electron chi connectivity index (χ4n) is 1.87. The SMILES string of the molecule is C=CCN(C)CC(O)COCCC[Si](CO)(OC)OC. The van der Waals surface area contributed by atoms with Crippen LogP contribution in [0.1, 0.15) is 6.42 Å². The van der Waals surface area contributed by atoms with E-state index in [9.17, 15) is 10.2 Å². The molecule has 0 saturated carbocycles. The summed E-state index contributed by atoms with van der Waals surface area (Å²) in [5.41, 5.74) is 0. The molecule has 0 fully saturated rings. The Kier molecular flexibility index (Phi) is 11.2. The van der Waals surface area contributed by atoms with Crippen molar-refractivity contribution >= 4 is 8.56 Å². The van der Waals surface area contributed by atoms with E-state index in [2.05, 4.69) is 6.58 Å². The summed E-state index contributed by atoms with van der Waals surface area (Å²) in [5, 5.41) is 19.1. The molecule has 0 bridgehead atoms. The van der Waals surface area contributed by atoms with Crippen LogP contribution in [0.2, 0.25) is 6.04 Å². The highest BCUT2D eigenvalue weighted by Gasteiger charge is 2.34. The highest BCUT2D eigenvalue weighted by molar-refractivity contribution is 6.67. The van der Waals surface area contributed by atoms with Crippen molar-refractivity contribution in [3.63, 3.8) is 0 Å². The van der Waals surface area contributed by atoms with Crippen molar-refractivity contribution in [3.8, 4) is 0 Å². The van der Waals surface area contributed by atoms with E-state index in [4.69, 9.17) is 13.6 Å². The van der Waals surface area contributed by atoms with Crippen LogP contribution < -0.4 is 0 Å². The van der Waals surface area contributed by atoms with Crippen molar-refractivity contribution in [2.24, 2.45) is 0 Å². The van der Waals surface area contributed by atoms with E-state index >= 15 is 0 Å². The molecule has 1 atom stereocenters. The highest BCUT2D eigenvalue weighted by atomic mass is 28.4. The highest BCUT2D eigenvalue weighted by Crippen LogP contribution is 2.13. The molecule has 6 nitrogen and oxygen atoms in total. The summed E-state index contributed by atoms with van der Waals surface area (Å²) in [7, 11) is 2.61. The number of nitrogens with zero attached hydrogens (tertiary/aromatic N) is 1. The molecule has 1 unspecified atom stereocenters. The van der Waals surface area contributed by atoms with Crippen LogP contribution in [-0.4, -0.2) is 83.6 Å². The molecule has 0 aromatic rings. The van der Waals surface area contributed by atoms with Gasteiger partial charge in [-0.2, -0.15) is 0 Å². The van der Waals surface area contributed by atoms with Gasteiger partial charge in [-0.1, -0.05) is 6.08 Å². The third-order valence-corrected chi connectivity index (χ3v) is 6.19. The fourth-order valence-corrected chi connectivity index (χ4v) is 3.54. The minimum atomic E-state index is -2.44. The zero-order valence-corrected chi connectivity index (χ0v) is 13.9. The van der Waals surface area contributed by atoms with Crippen molar-refractivity contribution in [1.29, 1.82) is 0 Å². The van der Waals surface area contributed by atoms with Crippen LogP contribution in [-0.2, 0) is 13.6 Å². The first-order valence-electron chi connectivity index (χ1n) is 6.80. The van der Waals surface area contributed by atoms with Crippen LogP contribution in [0.3, 0.4) is 0 Å². The van der Waals surface area contributed by atoms with Gasteiger partial charge in [0.15, 0.2) is 0 Å². The van der Waals surface area contributed by atoms with E-state index in [0.29, 0.717) is 25.8 Å². The zero-order chi connectivity index (χ0) is 15.4. The topological polar surface area (TPSA) is 71.4 Å². The molecule has 0 aliphatic rings. The molecule has 120 valence electrons. The standard InChI is InChI=1S/C13H29NO5Si/c1-5-7-14(2)10-13(16)11-19-8-6-9-20(12-15,17-3)18-4/h5,13,15-16H,1,6-12H2,2-4H3. The van der Waals surface area contributed by atoms with Crippen LogP contribution >= 0.6 is 0 Å². The first kappa shape index (κ1) is 19.7. The summed E-state index contributed by atoms with van der Waals surface area (Å²) in [6.45, 7) is 5.76. The number of aliphatic hydroxyl groups excluding tert-OH is 2. The van der Waals surface area contributed by atoms with Crippen molar-refractivity contribution in [1.82, 2.24) is 4.90 Å². The second-order valence-electron chi connectivity index (χ2n) is 4.82. The quantitative estimate of drug-likeness (QED) is 0.286. The third kappa shape index (κ3) is 8.10. The third-order valence-electron chi connectivity index (χ3n) is 3.10. The number of ether oxygens (including phenoxy) is 1. The van der Waals surface area contributed by atoms with E-state index in [-0.39, 0.29) is 6.23 Å². The Morgan fingerprint density at radius 1 is 1.35 bits per heavy atom. The van der Waals surface area contributed by atoms with E-state index in [1.165, 1.54) is 0 Å². The van der Waals surface area contributed by atoms with E-state index in [1.807, 2.05) is 11.9 Å². The molecule has 2 N–H and O–H groups in total. The summed E-state index contributed by atoms with van der Waals surface area (Å²) < 4.78 is 16.0. The molecule has 0 heterocycles. The van der Waals surface area contributed by atoms with E-state index < -0.39 is 14.7 Å². The fraction of sp³-hybridized carbons (Fsp3) is 0.846. The Morgan fingerprint density at radius 3 is 2.50 bits per heavy atom. The van der Waals surface area contributed by atoms with Gasteiger partial charge < -0.3 is 28.7 Å². The summed E-state index contributed by atoms with van der Waals surface area (Å²) in [5.74, 6) is 0. The Bertz CT molecular complexity index is 243. The first-order chi connectivity index (χ1) is 9.53. The predicted octanol–water partition coefficient (Wildman–Crippen LogP) is 0.138. The van der Waals surface area contributed by atoms with E-state index in [1.54, 1.807) is 20.3 Å². The average molecular weight is 307 g/mol. The number of hydrogen-bond acceptors (Lipinski definition) is 6. The molecule has 0 radical (unpaired) electrons. The Balaban J connectivity index is 3.72. The van der Waals surface area contributed by atoms with Crippen molar-refractivity contribution in [3.05, 3.63) is 12.7 Å². The van der Waals surface area contributed by atoms with Gasteiger partial charge in [0.2, 0.25) is 0 Å². The van der Waals surface area contributed by atoms with Gasteiger partial charge in [-0.05, 0) is 19.5 Å². The average Bonchev–Trinajstić information content (AvgIpc) is 2.43. The van der Waals surface area contributed by atoms with Gasteiger partial charge in [0.25, 0.3) is 0 Å². The maximum Gasteiger partial charge on any atom is 0.364 e. The number of rotatable bonds is 13. The molecule has 0 amide bonds. The molecule has 0 aliphatic carbocycles. The Labute approximate surface area is 123 Å². The normalized spacial score (nSPS) is 13.7. The maximum absolute atomic E-state index is 9.76. The molecule has 7 heteroatoms. The zero-order valence-electron chi connectivity index (χ0n) is 12.9. The molecular weight excluding hydrogens is 278 g/mol. The van der Waals surface area contributed by atoms with Crippen LogP contribution in [0.25, 0.3) is 0 Å². The van der Waals surface area contributed by atoms with Gasteiger partial charge in [0.1, 0.15) is 0 Å². The van der Waals surface area contributed by atoms with Gasteiger partial charge >= 0.3 is 8.56 Å². The molecule has 0 spiro atoms. The first-order valence-corrected chi connectivity index (χ1v) is 9.03. The summed E-state index contributed by atoms with van der Waals surface area (Å²) in [6, 6.07) is 0.670. The number of likely N-dealkylation sites (N-methyl/N-ethyl adjacent to an activating group) is 1. The Hall–Kier alpha value is -0.283. The van der Waals surface area contributed by atoms with Crippen LogP contribution in [0.5, 0.6) is 0 Å². The lowest BCUT2D eigenvalue weighted by molar-refractivity contribution is 0.0219. The molecule has 20 heavy (non-hydrogen) atoms. The van der Waals surface area contributed by atoms with Crippen molar-refractivity contribution in [2.75, 3.05) is 53.8 Å². The van der Waals surface area contributed by atoms with Crippen LogP contribution in [0, 0.1) is 0 Å². The largest absolute Gasteiger partial charge is 0.396 e. The summed E-state index contributed by atoms with van der Waals surface area (Å²) in [4.78, 5) is 1.97. The second kappa shape index (κ2) is 11.4. The van der Waals surface area contributed by atoms with E-state index in [0.717, 1.165) is 13.0 Å². The van der Waals surface area contributed by atoms with Crippen LogP contribution in [0.4, 0.5) is 0 Å². The van der Waals surface area contributed by atoms with Gasteiger partial charge in [0.05, 0.1) is 18.9 Å². The lowest BCUT2D eigenvalue weighted by Gasteiger charge is -2.25. The van der Waals surface area contributed by atoms with Gasteiger partial charge in [-0.15, -0.1) is 6.58 Å². The number of aliphatic hydroxyl groups is 2. The smallest absolute Gasteiger partial charge is 0.364 e. The van der Waals surface area contributed by atoms with Crippen molar-refractivity contribution in [2.45, 2.75) is 18.6 Å². The predicted molar refractivity (Wildman–Crippen MR) is 80.8 cm³/mol. The molecule has 0 aliphatic heterocycles. The minimum Gasteiger partial charge on any atom is -0.396 e. The lowest BCUT2D eigenvalue weighted by Crippen LogP contribution is -2.44. The molecule has 0 aromatic carbocycles. The Morgan fingerprint density at radius 2 is 2.00 bits per heavy atom.